The van der Waals surface area contributed by atoms with Crippen molar-refractivity contribution in [2.75, 3.05) is 18.1 Å². The SMILES string of the molecule is CC1(C)Cc2cccc(OCC(=O)N[C@@]3(C)CCS(=O)(=O)C3)c2O1. The molecular formula is C17H23NO5S. The molecule has 6 nitrogen and oxygen atoms in total. The number of sulfone groups is 1. The van der Waals surface area contributed by atoms with E-state index in [1.807, 2.05) is 26.0 Å². The Morgan fingerprint density at radius 2 is 2.08 bits per heavy atom. The van der Waals surface area contributed by atoms with Gasteiger partial charge in [0.15, 0.2) is 27.9 Å². The van der Waals surface area contributed by atoms with Crippen LogP contribution in [-0.2, 0) is 21.1 Å². The molecular weight excluding hydrogens is 330 g/mol. The van der Waals surface area contributed by atoms with Crippen LogP contribution in [0.3, 0.4) is 0 Å². The molecule has 1 aromatic carbocycles. The number of carbonyl (C=O) groups is 1. The number of nitrogens with one attached hydrogen (secondary N) is 1. The summed E-state index contributed by atoms with van der Waals surface area (Å²) in [5, 5.41) is 2.78. The van der Waals surface area contributed by atoms with Gasteiger partial charge in [-0.05, 0) is 33.3 Å². The summed E-state index contributed by atoms with van der Waals surface area (Å²) in [5.41, 5.74) is 0.0679. The van der Waals surface area contributed by atoms with Crippen LogP contribution in [0.1, 0.15) is 32.8 Å². The number of rotatable bonds is 4. The Hall–Kier alpha value is -1.76. The molecule has 0 saturated carbocycles. The molecule has 0 aromatic heterocycles. The van der Waals surface area contributed by atoms with Crippen LogP contribution >= 0.6 is 0 Å². The van der Waals surface area contributed by atoms with Crippen LogP contribution in [0, 0.1) is 0 Å². The lowest BCUT2D eigenvalue weighted by atomic mass is 10.0. The maximum absolute atomic E-state index is 12.1. The van der Waals surface area contributed by atoms with E-state index < -0.39 is 15.4 Å². The first-order valence-electron chi connectivity index (χ1n) is 8.03. The minimum Gasteiger partial charge on any atom is -0.483 e. The summed E-state index contributed by atoms with van der Waals surface area (Å²) in [5.74, 6) is 0.982. The molecule has 1 amide bonds. The first-order valence-corrected chi connectivity index (χ1v) is 9.85. The van der Waals surface area contributed by atoms with E-state index in [9.17, 15) is 13.2 Å². The molecule has 1 N–H and O–H groups in total. The highest BCUT2D eigenvalue weighted by Crippen LogP contribution is 2.41. The van der Waals surface area contributed by atoms with Crippen molar-refractivity contribution in [1.82, 2.24) is 5.32 Å². The molecule has 2 aliphatic rings. The minimum atomic E-state index is -3.06. The Bertz CT molecular complexity index is 771. The minimum absolute atomic E-state index is 0.0240. The van der Waals surface area contributed by atoms with E-state index in [0.717, 1.165) is 12.0 Å². The van der Waals surface area contributed by atoms with Gasteiger partial charge in [0.2, 0.25) is 0 Å². The van der Waals surface area contributed by atoms with Gasteiger partial charge < -0.3 is 14.8 Å². The van der Waals surface area contributed by atoms with Gasteiger partial charge >= 0.3 is 0 Å². The number of hydrogen-bond donors (Lipinski definition) is 1. The van der Waals surface area contributed by atoms with Crippen LogP contribution in [0.25, 0.3) is 0 Å². The van der Waals surface area contributed by atoms with Crippen molar-refractivity contribution in [2.24, 2.45) is 0 Å². The fraction of sp³-hybridized carbons (Fsp3) is 0.588. The largest absolute Gasteiger partial charge is 0.483 e. The number of ether oxygens (including phenoxy) is 2. The van der Waals surface area contributed by atoms with Gasteiger partial charge in [0.05, 0.1) is 17.0 Å². The average molecular weight is 353 g/mol. The van der Waals surface area contributed by atoms with Crippen LogP contribution in [0.4, 0.5) is 0 Å². The first-order chi connectivity index (χ1) is 11.1. The third-order valence-corrected chi connectivity index (χ3v) is 6.26. The van der Waals surface area contributed by atoms with Crippen molar-refractivity contribution in [3.63, 3.8) is 0 Å². The maximum Gasteiger partial charge on any atom is 0.258 e. The van der Waals surface area contributed by atoms with Gasteiger partial charge in [0, 0.05) is 12.0 Å². The first kappa shape index (κ1) is 17.1. The molecule has 0 aliphatic carbocycles. The van der Waals surface area contributed by atoms with E-state index in [2.05, 4.69) is 5.32 Å². The predicted molar refractivity (Wildman–Crippen MR) is 90.2 cm³/mol. The molecule has 0 spiro atoms. The monoisotopic (exact) mass is 353 g/mol. The molecule has 2 aliphatic heterocycles. The van der Waals surface area contributed by atoms with Crippen molar-refractivity contribution >= 4 is 15.7 Å². The smallest absolute Gasteiger partial charge is 0.258 e. The molecule has 7 heteroatoms. The Morgan fingerprint density at radius 3 is 2.75 bits per heavy atom. The van der Waals surface area contributed by atoms with Crippen LogP contribution in [0.5, 0.6) is 11.5 Å². The molecule has 1 saturated heterocycles. The zero-order valence-electron chi connectivity index (χ0n) is 14.2. The molecule has 1 fully saturated rings. The average Bonchev–Trinajstić information content (AvgIpc) is 2.90. The van der Waals surface area contributed by atoms with Crippen molar-refractivity contribution in [3.05, 3.63) is 23.8 Å². The number of benzene rings is 1. The van der Waals surface area contributed by atoms with Gasteiger partial charge in [0.1, 0.15) is 5.60 Å². The second-order valence-electron chi connectivity index (χ2n) is 7.52. The van der Waals surface area contributed by atoms with E-state index in [1.54, 1.807) is 13.0 Å². The summed E-state index contributed by atoms with van der Waals surface area (Å²) in [6, 6.07) is 5.64. The molecule has 0 unspecified atom stereocenters. The van der Waals surface area contributed by atoms with Crippen LogP contribution < -0.4 is 14.8 Å². The summed E-state index contributed by atoms with van der Waals surface area (Å²) >= 11 is 0. The highest BCUT2D eigenvalue weighted by molar-refractivity contribution is 7.91. The van der Waals surface area contributed by atoms with E-state index in [0.29, 0.717) is 17.9 Å². The highest BCUT2D eigenvalue weighted by atomic mass is 32.2. The molecule has 1 atom stereocenters. The van der Waals surface area contributed by atoms with E-state index in [4.69, 9.17) is 9.47 Å². The van der Waals surface area contributed by atoms with Crippen LogP contribution in [0.15, 0.2) is 18.2 Å². The summed E-state index contributed by atoms with van der Waals surface area (Å²) in [4.78, 5) is 12.1. The second kappa shape index (κ2) is 5.65. The Kier molecular flexibility index (Phi) is 4.02. The van der Waals surface area contributed by atoms with Crippen molar-refractivity contribution in [2.45, 2.75) is 44.8 Å². The van der Waals surface area contributed by atoms with Gasteiger partial charge in [-0.25, -0.2) is 8.42 Å². The van der Waals surface area contributed by atoms with Gasteiger partial charge in [-0.2, -0.15) is 0 Å². The molecule has 132 valence electrons. The third kappa shape index (κ3) is 3.66. The summed E-state index contributed by atoms with van der Waals surface area (Å²) in [6.45, 7) is 5.59. The molecule has 1 aromatic rings. The standard InChI is InChI=1S/C17H23NO5S/c1-16(2)9-12-5-4-6-13(15(12)23-16)22-10-14(19)18-17(3)7-8-24(20,21)11-17/h4-6H,7-11H2,1-3H3,(H,18,19)/t17-/m0/s1. The Labute approximate surface area is 142 Å². The Morgan fingerprint density at radius 1 is 1.33 bits per heavy atom. The highest BCUT2D eigenvalue weighted by Gasteiger charge is 2.39. The summed E-state index contributed by atoms with van der Waals surface area (Å²) in [7, 11) is -3.06. The number of fused-ring (bicyclic) bond motifs is 1. The fourth-order valence-corrected chi connectivity index (χ4v) is 5.42. The molecule has 0 radical (unpaired) electrons. The second-order valence-corrected chi connectivity index (χ2v) is 9.71. The number of carbonyl (C=O) groups excluding carboxylic acids is 1. The zero-order chi connectivity index (χ0) is 17.6. The number of para-hydroxylation sites is 1. The van der Waals surface area contributed by atoms with Gasteiger partial charge in [-0.1, -0.05) is 12.1 Å². The third-order valence-electron chi connectivity index (χ3n) is 4.36. The van der Waals surface area contributed by atoms with Crippen molar-refractivity contribution < 1.29 is 22.7 Å². The molecule has 2 heterocycles. The quantitative estimate of drug-likeness (QED) is 0.886. The normalized spacial score (nSPS) is 26.5. The van der Waals surface area contributed by atoms with Gasteiger partial charge in [-0.3, -0.25) is 4.79 Å². The van der Waals surface area contributed by atoms with Crippen molar-refractivity contribution in [3.8, 4) is 11.5 Å². The summed E-state index contributed by atoms with van der Waals surface area (Å²) < 4.78 is 34.7. The lowest BCUT2D eigenvalue weighted by Crippen LogP contribution is -2.48. The number of amides is 1. The van der Waals surface area contributed by atoms with E-state index >= 15 is 0 Å². The predicted octanol–water partition coefficient (Wildman–Crippen LogP) is 1.47. The molecule has 0 bridgehead atoms. The van der Waals surface area contributed by atoms with Crippen LogP contribution in [0.2, 0.25) is 0 Å². The molecule has 24 heavy (non-hydrogen) atoms. The van der Waals surface area contributed by atoms with Gasteiger partial charge in [-0.15, -0.1) is 0 Å². The maximum atomic E-state index is 12.1. The van der Waals surface area contributed by atoms with Gasteiger partial charge in [0.25, 0.3) is 5.91 Å². The topological polar surface area (TPSA) is 81.7 Å². The summed E-state index contributed by atoms with van der Waals surface area (Å²) in [6.07, 6.45) is 1.22. The zero-order valence-corrected chi connectivity index (χ0v) is 15.0. The van der Waals surface area contributed by atoms with E-state index in [1.165, 1.54) is 0 Å². The lowest BCUT2D eigenvalue weighted by molar-refractivity contribution is -0.124. The number of hydrogen-bond acceptors (Lipinski definition) is 5. The lowest BCUT2D eigenvalue weighted by Gasteiger charge is -2.24. The van der Waals surface area contributed by atoms with E-state index in [-0.39, 0.29) is 29.6 Å². The van der Waals surface area contributed by atoms with Crippen LogP contribution in [-0.4, -0.2) is 43.6 Å². The molecule has 3 rings (SSSR count). The van der Waals surface area contributed by atoms with Crippen molar-refractivity contribution in [1.29, 1.82) is 0 Å². The Balaban J connectivity index is 1.62. The fourth-order valence-electron chi connectivity index (χ4n) is 3.33.